The number of benzene rings is 1. The average molecular weight is 371 g/mol. The Morgan fingerprint density at radius 1 is 1.44 bits per heavy atom. The van der Waals surface area contributed by atoms with Gasteiger partial charge in [-0.25, -0.2) is 0 Å². The van der Waals surface area contributed by atoms with E-state index >= 15 is 0 Å². The fourth-order valence-corrected chi connectivity index (χ4v) is 2.81. The molecule has 7 nitrogen and oxygen atoms in total. The Bertz CT molecular complexity index is 768. The van der Waals surface area contributed by atoms with E-state index in [1.807, 2.05) is 22.8 Å². The molecular weight excluding hydrogens is 340 g/mol. The topological polar surface area (TPSA) is 76.4 Å². The van der Waals surface area contributed by atoms with Crippen molar-refractivity contribution >= 4 is 5.96 Å². The highest BCUT2D eigenvalue weighted by Gasteiger charge is 2.13. The molecule has 0 saturated carbocycles. The first-order valence-corrected chi connectivity index (χ1v) is 9.26. The van der Waals surface area contributed by atoms with Crippen LogP contribution in [0.15, 0.2) is 42.2 Å². The Kier molecular flexibility index (Phi) is 7.85. The predicted molar refractivity (Wildman–Crippen MR) is 109 cm³/mol. The first-order chi connectivity index (χ1) is 13.1. The van der Waals surface area contributed by atoms with Gasteiger partial charge in [-0.05, 0) is 19.9 Å². The molecule has 0 aliphatic carbocycles. The molecular formula is C20H30N6O. The lowest BCUT2D eigenvalue weighted by Crippen LogP contribution is -2.39. The lowest BCUT2D eigenvalue weighted by Gasteiger charge is -2.20. The summed E-state index contributed by atoms with van der Waals surface area (Å²) in [5.74, 6) is 2.56. The first kappa shape index (κ1) is 20.5. The van der Waals surface area contributed by atoms with E-state index in [1.54, 1.807) is 13.4 Å². The number of rotatable bonds is 9. The van der Waals surface area contributed by atoms with Crippen LogP contribution < -0.4 is 15.4 Å². The summed E-state index contributed by atoms with van der Waals surface area (Å²) in [4.78, 5) is 4.68. The van der Waals surface area contributed by atoms with E-state index in [9.17, 15) is 0 Å². The number of aryl methyl sites for hydroxylation is 2. The fraction of sp³-hybridized carbons (Fsp3) is 0.450. The number of aliphatic imine (C=N–C) groups is 1. The van der Waals surface area contributed by atoms with Crippen LogP contribution in [0.4, 0.5) is 0 Å². The van der Waals surface area contributed by atoms with Gasteiger partial charge >= 0.3 is 0 Å². The van der Waals surface area contributed by atoms with E-state index in [0.717, 1.165) is 36.1 Å². The maximum atomic E-state index is 5.51. The summed E-state index contributed by atoms with van der Waals surface area (Å²) in [6.45, 7) is 12.0. The summed E-state index contributed by atoms with van der Waals surface area (Å²) >= 11 is 0. The number of hydrogen-bond donors (Lipinski definition) is 2. The normalized spacial score (nSPS) is 12.5. The predicted octanol–water partition coefficient (Wildman–Crippen LogP) is 2.64. The van der Waals surface area contributed by atoms with Gasteiger partial charge in [0, 0.05) is 25.1 Å². The minimum atomic E-state index is 0.0389. The monoisotopic (exact) mass is 370 g/mol. The Hall–Kier alpha value is -2.83. The van der Waals surface area contributed by atoms with Crippen LogP contribution in [0.2, 0.25) is 0 Å². The Morgan fingerprint density at radius 2 is 2.26 bits per heavy atom. The second-order valence-corrected chi connectivity index (χ2v) is 6.31. The van der Waals surface area contributed by atoms with E-state index in [-0.39, 0.29) is 6.04 Å². The van der Waals surface area contributed by atoms with Crippen molar-refractivity contribution in [3.63, 3.8) is 0 Å². The molecule has 27 heavy (non-hydrogen) atoms. The van der Waals surface area contributed by atoms with E-state index < -0.39 is 0 Å². The van der Waals surface area contributed by atoms with Crippen LogP contribution in [-0.4, -0.2) is 40.9 Å². The molecule has 0 bridgehead atoms. The maximum Gasteiger partial charge on any atom is 0.192 e. The van der Waals surface area contributed by atoms with Crippen molar-refractivity contribution in [2.45, 2.75) is 39.8 Å². The zero-order valence-corrected chi connectivity index (χ0v) is 16.7. The second-order valence-electron chi connectivity index (χ2n) is 6.31. The molecule has 146 valence electrons. The zero-order valence-electron chi connectivity index (χ0n) is 16.7. The SMILES string of the molecule is C=CCNC(=NCCn1cnnc1CC)NC(C)c1cc(C)ccc1OC. The molecule has 1 heterocycles. The van der Waals surface area contributed by atoms with Crippen molar-refractivity contribution in [2.75, 3.05) is 20.2 Å². The maximum absolute atomic E-state index is 5.51. The molecule has 1 atom stereocenters. The van der Waals surface area contributed by atoms with Crippen molar-refractivity contribution in [3.05, 3.63) is 54.1 Å². The van der Waals surface area contributed by atoms with Gasteiger partial charge in [-0.1, -0.05) is 30.7 Å². The number of aromatic nitrogens is 3. The van der Waals surface area contributed by atoms with Gasteiger partial charge in [-0.15, -0.1) is 16.8 Å². The van der Waals surface area contributed by atoms with Crippen LogP contribution in [0.25, 0.3) is 0 Å². The molecule has 1 unspecified atom stereocenters. The minimum absolute atomic E-state index is 0.0389. The van der Waals surface area contributed by atoms with Crippen LogP contribution in [0, 0.1) is 6.92 Å². The van der Waals surface area contributed by atoms with Crippen LogP contribution >= 0.6 is 0 Å². The smallest absolute Gasteiger partial charge is 0.192 e. The fourth-order valence-electron chi connectivity index (χ4n) is 2.81. The highest BCUT2D eigenvalue weighted by atomic mass is 16.5. The van der Waals surface area contributed by atoms with E-state index in [0.29, 0.717) is 13.1 Å². The highest BCUT2D eigenvalue weighted by molar-refractivity contribution is 5.80. The average Bonchev–Trinajstić information content (AvgIpc) is 3.13. The van der Waals surface area contributed by atoms with Gasteiger partial charge in [0.2, 0.25) is 0 Å². The molecule has 7 heteroatoms. The van der Waals surface area contributed by atoms with Gasteiger partial charge < -0.3 is 19.9 Å². The van der Waals surface area contributed by atoms with Crippen LogP contribution in [0.1, 0.15) is 36.8 Å². The lowest BCUT2D eigenvalue weighted by atomic mass is 10.0. The Labute approximate surface area is 161 Å². The van der Waals surface area contributed by atoms with Crippen molar-refractivity contribution < 1.29 is 4.74 Å². The third-order valence-electron chi connectivity index (χ3n) is 4.24. The number of nitrogens with zero attached hydrogens (tertiary/aromatic N) is 4. The van der Waals surface area contributed by atoms with Gasteiger partial charge in [0.25, 0.3) is 0 Å². The van der Waals surface area contributed by atoms with Crippen molar-refractivity contribution in [1.29, 1.82) is 0 Å². The van der Waals surface area contributed by atoms with Gasteiger partial charge in [-0.2, -0.15) is 0 Å². The highest BCUT2D eigenvalue weighted by Crippen LogP contribution is 2.25. The molecule has 0 aliphatic rings. The quantitative estimate of drug-likeness (QED) is 0.403. The third-order valence-corrected chi connectivity index (χ3v) is 4.24. The zero-order chi connectivity index (χ0) is 19.6. The molecule has 0 saturated heterocycles. The molecule has 2 N–H and O–H groups in total. The Balaban J connectivity index is 2.08. The van der Waals surface area contributed by atoms with Crippen molar-refractivity contribution in [2.24, 2.45) is 4.99 Å². The van der Waals surface area contributed by atoms with E-state index in [4.69, 9.17) is 4.74 Å². The molecule has 0 aliphatic heterocycles. The molecule has 0 fully saturated rings. The summed E-state index contributed by atoms with van der Waals surface area (Å²) in [6, 6.07) is 6.21. The van der Waals surface area contributed by atoms with Gasteiger partial charge in [0.1, 0.15) is 17.9 Å². The minimum Gasteiger partial charge on any atom is -0.496 e. The van der Waals surface area contributed by atoms with Crippen LogP contribution in [0.5, 0.6) is 5.75 Å². The number of hydrogen-bond acceptors (Lipinski definition) is 4. The van der Waals surface area contributed by atoms with Crippen molar-refractivity contribution in [1.82, 2.24) is 25.4 Å². The van der Waals surface area contributed by atoms with Crippen LogP contribution in [-0.2, 0) is 13.0 Å². The summed E-state index contributed by atoms with van der Waals surface area (Å²) in [5.41, 5.74) is 2.29. The van der Waals surface area contributed by atoms with E-state index in [1.165, 1.54) is 5.56 Å². The van der Waals surface area contributed by atoms with Crippen molar-refractivity contribution in [3.8, 4) is 5.75 Å². The summed E-state index contributed by atoms with van der Waals surface area (Å²) < 4.78 is 7.54. The van der Waals surface area contributed by atoms with Crippen LogP contribution in [0.3, 0.4) is 0 Å². The molecule has 2 aromatic rings. The lowest BCUT2D eigenvalue weighted by molar-refractivity contribution is 0.405. The largest absolute Gasteiger partial charge is 0.496 e. The number of guanidine groups is 1. The van der Waals surface area contributed by atoms with E-state index in [2.05, 4.69) is 59.2 Å². The molecule has 0 spiro atoms. The van der Waals surface area contributed by atoms with Gasteiger partial charge in [0.05, 0.1) is 19.7 Å². The number of nitrogens with one attached hydrogen (secondary N) is 2. The third kappa shape index (κ3) is 5.84. The number of methoxy groups -OCH3 is 1. The molecule has 1 aromatic carbocycles. The summed E-state index contributed by atoms with van der Waals surface area (Å²) in [5, 5.41) is 14.8. The first-order valence-electron chi connectivity index (χ1n) is 9.26. The number of ether oxygens (including phenoxy) is 1. The summed E-state index contributed by atoms with van der Waals surface area (Å²) in [6.07, 6.45) is 4.41. The summed E-state index contributed by atoms with van der Waals surface area (Å²) in [7, 11) is 1.69. The molecule has 0 radical (unpaired) electrons. The van der Waals surface area contributed by atoms with Gasteiger partial charge in [0.15, 0.2) is 5.96 Å². The molecule has 2 rings (SSSR count). The molecule has 1 aromatic heterocycles. The molecule has 0 amide bonds. The Morgan fingerprint density at radius 3 is 2.96 bits per heavy atom. The standard InChI is InChI=1S/C20H30N6O/c1-6-10-21-20(22-11-12-26-14-23-25-19(26)7-2)24-16(4)17-13-15(3)8-9-18(17)27-5/h6,8-9,13-14,16H,1,7,10-12H2,2-5H3,(H2,21,22,24). The van der Waals surface area contributed by atoms with Gasteiger partial charge in [-0.3, -0.25) is 4.99 Å². The second kappa shape index (κ2) is 10.4.